The largest absolute Gasteiger partial charge is 0.454 e. The first-order valence-corrected chi connectivity index (χ1v) is 10.8. The molecule has 1 N–H and O–H groups in total. The summed E-state index contributed by atoms with van der Waals surface area (Å²) in [6.07, 6.45) is 10.5. The molecule has 6 heteroatoms. The van der Waals surface area contributed by atoms with Crippen molar-refractivity contribution in [3.63, 3.8) is 0 Å². The van der Waals surface area contributed by atoms with Crippen LogP contribution in [0.15, 0.2) is 0 Å². The number of hydrogen-bond donors (Lipinski definition) is 1. The number of ether oxygens (including phenoxy) is 1. The summed E-state index contributed by atoms with van der Waals surface area (Å²) in [5.74, 6) is 1.68. The fourth-order valence-electron chi connectivity index (χ4n) is 6.66. The second-order valence-electron chi connectivity index (χ2n) is 9.80. The van der Waals surface area contributed by atoms with Gasteiger partial charge in [0.25, 0.3) is 5.91 Å². The van der Waals surface area contributed by atoms with Gasteiger partial charge in [0.05, 0.1) is 5.41 Å². The summed E-state index contributed by atoms with van der Waals surface area (Å²) in [5.41, 5.74) is -0.221. The van der Waals surface area contributed by atoms with Crippen LogP contribution in [0.5, 0.6) is 0 Å². The molecule has 5 aliphatic carbocycles. The summed E-state index contributed by atoms with van der Waals surface area (Å²) in [6.45, 7) is 0.417. The van der Waals surface area contributed by atoms with Gasteiger partial charge in [0.2, 0.25) is 5.91 Å². The molecule has 5 saturated carbocycles. The first-order chi connectivity index (χ1) is 13.0. The van der Waals surface area contributed by atoms with E-state index >= 15 is 0 Å². The lowest BCUT2D eigenvalue weighted by Crippen LogP contribution is -2.56. The smallest absolute Gasteiger partial charge is 0.329 e. The molecule has 0 spiro atoms. The topological polar surface area (TPSA) is 75.7 Å². The van der Waals surface area contributed by atoms with Crippen LogP contribution in [0.4, 0.5) is 0 Å². The maximum Gasteiger partial charge on any atom is 0.329 e. The number of amides is 2. The predicted molar refractivity (Wildman–Crippen MR) is 97.5 cm³/mol. The second-order valence-corrected chi connectivity index (χ2v) is 9.80. The van der Waals surface area contributed by atoms with Gasteiger partial charge >= 0.3 is 5.97 Å². The van der Waals surface area contributed by atoms with Gasteiger partial charge in [0.15, 0.2) is 6.61 Å². The van der Waals surface area contributed by atoms with Crippen LogP contribution < -0.4 is 5.32 Å². The van der Waals surface area contributed by atoms with E-state index in [1.807, 2.05) is 0 Å². The predicted octanol–water partition coefficient (Wildman–Crippen LogP) is 2.02. The van der Waals surface area contributed by atoms with Gasteiger partial charge in [-0.2, -0.15) is 0 Å². The van der Waals surface area contributed by atoms with E-state index in [9.17, 15) is 14.4 Å². The van der Waals surface area contributed by atoms with Gasteiger partial charge in [-0.15, -0.1) is 0 Å². The highest BCUT2D eigenvalue weighted by molar-refractivity contribution is 5.90. The Bertz CT molecular complexity index is 621. The van der Waals surface area contributed by atoms with Crippen molar-refractivity contribution in [3.05, 3.63) is 0 Å². The quantitative estimate of drug-likeness (QED) is 0.747. The molecule has 148 valence electrons. The molecule has 27 heavy (non-hydrogen) atoms. The third kappa shape index (κ3) is 3.25. The minimum Gasteiger partial charge on any atom is -0.454 e. The van der Waals surface area contributed by atoms with Gasteiger partial charge in [-0.1, -0.05) is 0 Å². The zero-order valence-electron chi connectivity index (χ0n) is 16.0. The van der Waals surface area contributed by atoms with Crippen molar-refractivity contribution < 1.29 is 19.1 Å². The number of hydrogen-bond acceptors (Lipinski definition) is 4. The van der Waals surface area contributed by atoms with Crippen LogP contribution in [0.1, 0.15) is 64.2 Å². The standard InChI is InChI=1S/C21H30N2O4/c24-18(22-16-3-4-16)12-27-19(25)17-2-1-5-23(17)20(26)21-9-13-6-14(10-21)8-15(7-13)11-21/h13-17H,1-12H2,(H,22,24). The molecule has 0 aromatic carbocycles. The highest BCUT2D eigenvalue weighted by Crippen LogP contribution is 2.60. The van der Waals surface area contributed by atoms with Crippen LogP contribution in [0.3, 0.4) is 0 Å². The molecule has 1 saturated heterocycles. The van der Waals surface area contributed by atoms with Gasteiger partial charge < -0.3 is 15.0 Å². The number of nitrogens with zero attached hydrogens (tertiary/aromatic N) is 1. The summed E-state index contributed by atoms with van der Waals surface area (Å²) < 4.78 is 5.27. The molecule has 6 aliphatic rings. The molecular weight excluding hydrogens is 344 g/mol. The molecule has 4 bridgehead atoms. The lowest BCUT2D eigenvalue weighted by atomic mass is 9.49. The molecule has 6 fully saturated rings. The third-order valence-corrected chi connectivity index (χ3v) is 7.57. The van der Waals surface area contributed by atoms with Crippen molar-refractivity contribution in [1.82, 2.24) is 10.2 Å². The number of nitrogens with one attached hydrogen (secondary N) is 1. The number of likely N-dealkylation sites (tertiary alicyclic amines) is 1. The van der Waals surface area contributed by atoms with Crippen LogP contribution >= 0.6 is 0 Å². The van der Waals surface area contributed by atoms with Crippen LogP contribution in [0.25, 0.3) is 0 Å². The van der Waals surface area contributed by atoms with Gasteiger partial charge in [0.1, 0.15) is 6.04 Å². The van der Waals surface area contributed by atoms with Crippen molar-refractivity contribution in [1.29, 1.82) is 0 Å². The van der Waals surface area contributed by atoms with Crippen LogP contribution in [0, 0.1) is 23.2 Å². The third-order valence-electron chi connectivity index (χ3n) is 7.57. The summed E-state index contributed by atoms with van der Waals surface area (Å²) in [6, 6.07) is -0.240. The summed E-state index contributed by atoms with van der Waals surface area (Å²) >= 11 is 0. The van der Waals surface area contributed by atoms with Crippen LogP contribution in [-0.4, -0.2) is 47.9 Å². The average molecular weight is 374 g/mol. The van der Waals surface area contributed by atoms with Gasteiger partial charge in [-0.3, -0.25) is 9.59 Å². The number of esters is 1. The Morgan fingerprint density at radius 2 is 1.59 bits per heavy atom. The minimum atomic E-state index is -0.501. The molecule has 1 atom stereocenters. The van der Waals surface area contributed by atoms with Crippen LogP contribution in [0.2, 0.25) is 0 Å². The van der Waals surface area contributed by atoms with Crippen molar-refractivity contribution in [2.24, 2.45) is 23.2 Å². The maximum absolute atomic E-state index is 13.5. The Kier molecular flexibility index (Phi) is 4.21. The van der Waals surface area contributed by atoms with E-state index in [0.717, 1.165) is 38.5 Å². The van der Waals surface area contributed by atoms with E-state index < -0.39 is 12.0 Å². The van der Waals surface area contributed by atoms with E-state index in [1.54, 1.807) is 4.90 Å². The van der Waals surface area contributed by atoms with E-state index in [0.29, 0.717) is 30.7 Å². The summed E-state index contributed by atoms with van der Waals surface area (Å²) in [4.78, 5) is 39.7. The molecule has 0 radical (unpaired) electrons. The maximum atomic E-state index is 13.5. The average Bonchev–Trinajstić information content (AvgIpc) is 3.30. The molecule has 6 nitrogen and oxygen atoms in total. The van der Waals surface area contributed by atoms with Gasteiger partial charge in [-0.05, 0) is 82.0 Å². The summed E-state index contributed by atoms with van der Waals surface area (Å²) in [7, 11) is 0. The number of rotatable bonds is 5. The summed E-state index contributed by atoms with van der Waals surface area (Å²) in [5, 5.41) is 2.83. The molecule has 1 unspecified atom stereocenters. The first kappa shape index (κ1) is 17.5. The lowest BCUT2D eigenvalue weighted by molar-refractivity contribution is -0.166. The molecule has 1 heterocycles. The van der Waals surface area contributed by atoms with Crippen molar-refractivity contribution in [2.45, 2.75) is 76.3 Å². The first-order valence-electron chi connectivity index (χ1n) is 10.8. The molecule has 0 aromatic heterocycles. The Balaban J connectivity index is 1.23. The zero-order valence-corrected chi connectivity index (χ0v) is 16.0. The molecule has 6 rings (SSSR count). The number of carbonyl (C=O) groups excluding carboxylic acids is 3. The van der Waals surface area contributed by atoms with E-state index in [4.69, 9.17) is 4.74 Å². The van der Waals surface area contributed by atoms with Gasteiger partial charge in [-0.25, -0.2) is 4.79 Å². The minimum absolute atomic E-state index is 0.198. The van der Waals surface area contributed by atoms with E-state index in [1.165, 1.54) is 19.3 Å². The Labute approximate surface area is 160 Å². The highest BCUT2D eigenvalue weighted by atomic mass is 16.5. The second kappa shape index (κ2) is 6.49. The molecular formula is C21H30N2O4. The Hall–Kier alpha value is -1.59. The zero-order chi connectivity index (χ0) is 18.6. The Morgan fingerprint density at radius 3 is 2.19 bits per heavy atom. The van der Waals surface area contributed by atoms with Crippen LogP contribution in [-0.2, 0) is 19.1 Å². The number of carbonyl (C=O) groups is 3. The highest BCUT2D eigenvalue weighted by Gasteiger charge is 2.57. The van der Waals surface area contributed by atoms with E-state index in [2.05, 4.69) is 5.32 Å². The SMILES string of the molecule is O=C(COC(=O)C1CCCN1C(=O)C12CC3CC(CC(C3)C1)C2)NC1CC1. The molecule has 0 aromatic rings. The van der Waals surface area contributed by atoms with Crippen molar-refractivity contribution in [2.75, 3.05) is 13.2 Å². The van der Waals surface area contributed by atoms with Crippen molar-refractivity contribution in [3.8, 4) is 0 Å². The van der Waals surface area contributed by atoms with E-state index in [-0.39, 0.29) is 29.9 Å². The lowest BCUT2D eigenvalue weighted by Gasteiger charge is -2.56. The molecule has 1 aliphatic heterocycles. The molecule has 2 amide bonds. The Morgan fingerprint density at radius 1 is 0.963 bits per heavy atom. The fraction of sp³-hybridized carbons (Fsp3) is 0.857. The van der Waals surface area contributed by atoms with Gasteiger partial charge in [0, 0.05) is 12.6 Å². The normalized spacial score (nSPS) is 39.5. The fourth-order valence-corrected chi connectivity index (χ4v) is 6.66. The van der Waals surface area contributed by atoms with Crippen molar-refractivity contribution >= 4 is 17.8 Å². The monoisotopic (exact) mass is 374 g/mol.